The first-order valence-electron chi connectivity index (χ1n) is 9.39. The third-order valence-corrected chi connectivity index (χ3v) is 5.56. The largest absolute Gasteiger partial charge is 0.338 e. The lowest BCUT2D eigenvalue weighted by molar-refractivity contribution is 0.102. The van der Waals surface area contributed by atoms with Crippen molar-refractivity contribution in [3.8, 4) is 0 Å². The molecule has 1 atom stereocenters. The number of nitrogens with one attached hydrogen (secondary N) is 2. The van der Waals surface area contributed by atoms with Crippen molar-refractivity contribution in [2.24, 2.45) is 5.92 Å². The molecule has 2 heterocycles. The molecule has 1 aromatic heterocycles. The molecule has 7 nitrogen and oxygen atoms in total. The molecule has 0 bridgehead atoms. The van der Waals surface area contributed by atoms with Gasteiger partial charge in [-0.25, -0.2) is 9.18 Å². The van der Waals surface area contributed by atoms with Gasteiger partial charge in [0.1, 0.15) is 10.8 Å². The summed E-state index contributed by atoms with van der Waals surface area (Å²) >= 11 is 1.18. The molecular formula is C19H24FN5O2S. The van der Waals surface area contributed by atoms with Crippen LogP contribution in [-0.2, 0) is 0 Å². The monoisotopic (exact) mass is 405 g/mol. The van der Waals surface area contributed by atoms with Crippen LogP contribution in [0.25, 0.3) is 0 Å². The summed E-state index contributed by atoms with van der Waals surface area (Å²) < 4.78 is 13.0. The van der Waals surface area contributed by atoms with Gasteiger partial charge in [0.25, 0.3) is 5.91 Å². The van der Waals surface area contributed by atoms with Crippen LogP contribution >= 0.6 is 11.3 Å². The van der Waals surface area contributed by atoms with Crippen LogP contribution in [0, 0.1) is 11.7 Å². The highest BCUT2D eigenvalue weighted by molar-refractivity contribution is 7.13. The summed E-state index contributed by atoms with van der Waals surface area (Å²) in [5.74, 6) is -0.245. The van der Waals surface area contributed by atoms with E-state index in [9.17, 15) is 14.0 Å². The summed E-state index contributed by atoms with van der Waals surface area (Å²) in [5, 5.41) is 14.6. The van der Waals surface area contributed by atoms with Crippen molar-refractivity contribution in [1.29, 1.82) is 0 Å². The number of aromatic nitrogens is 2. The molecule has 150 valence electrons. The minimum atomic E-state index is -0.402. The molecule has 0 saturated carbocycles. The van der Waals surface area contributed by atoms with Crippen LogP contribution in [-0.4, -0.2) is 40.1 Å². The number of hydrogen-bond donors (Lipinski definition) is 2. The molecule has 9 heteroatoms. The van der Waals surface area contributed by atoms with E-state index in [1.54, 1.807) is 4.90 Å². The molecule has 0 radical (unpaired) electrons. The van der Waals surface area contributed by atoms with E-state index in [1.807, 2.05) is 0 Å². The number of nitrogens with zero attached hydrogens (tertiary/aromatic N) is 3. The van der Waals surface area contributed by atoms with Crippen molar-refractivity contribution in [3.05, 3.63) is 40.1 Å². The van der Waals surface area contributed by atoms with Gasteiger partial charge in [0.15, 0.2) is 0 Å². The molecule has 3 amide bonds. The predicted octanol–water partition coefficient (Wildman–Crippen LogP) is 3.82. The maximum absolute atomic E-state index is 13.0. The first-order valence-corrected chi connectivity index (χ1v) is 10.2. The molecule has 1 fully saturated rings. The number of rotatable bonds is 6. The number of carbonyl (C=O) groups excluding carboxylic acids is 2. The van der Waals surface area contributed by atoms with Crippen LogP contribution in [0.15, 0.2) is 24.3 Å². The van der Waals surface area contributed by atoms with E-state index < -0.39 is 5.91 Å². The molecule has 28 heavy (non-hydrogen) atoms. The first kappa shape index (κ1) is 20.2. The SMILES string of the molecule is CC(C)CCNC(=O)N1CCCC1c1nnc(C(=O)Nc2ccc(F)cc2)s1. The van der Waals surface area contributed by atoms with Crippen LogP contribution < -0.4 is 10.6 Å². The zero-order valence-corrected chi connectivity index (χ0v) is 16.8. The van der Waals surface area contributed by atoms with Crippen molar-refractivity contribution >= 4 is 29.0 Å². The standard InChI is InChI=1S/C19H24FN5O2S/c1-12(2)9-10-21-19(27)25-11-3-4-15(25)17-23-24-18(28-17)16(26)22-14-7-5-13(20)6-8-14/h5-8,12,15H,3-4,9-11H2,1-2H3,(H,21,27)(H,22,26). The van der Waals surface area contributed by atoms with Crippen LogP contribution in [0.4, 0.5) is 14.9 Å². The van der Waals surface area contributed by atoms with Gasteiger partial charge < -0.3 is 15.5 Å². The summed E-state index contributed by atoms with van der Waals surface area (Å²) in [5.41, 5.74) is 0.482. The fraction of sp³-hybridized carbons (Fsp3) is 0.474. The number of benzene rings is 1. The van der Waals surface area contributed by atoms with Gasteiger partial charge in [-0.05, 0) is 49.4 Å². The van der Waals surface area contributed by atoms with Gasteiger partial charge in [-0.1, -0.05) is 25.2 Å². The smallest absolute Gasteiger partial charge is 0.317 e. The Bertz CT molecular complexity index is 824. The fourth-order valence-corrected chi connectivity index (χ4v) is 3.90. The second-order valence-corrected chi connectivity index (χ2v) is 8.18. The molecule has 1 unspecified atom stereocenters. The van der Waals surface area contributed by atoms with E-state index in [-0.39, 0.29) is 22.9 Å². The summed E-state index contributed by atoms with van der Waals surface area (Å²) in [6, 6.07) is 5.25. The lowest BCUT2D eigenvalue weighted by atomic mass is 10.1. The highest BCUT2D eigenvalue weighted by atomic mass is 32.1. The quantitative estimate of drug-likeness (QED) is 0.765. The molecule has 3 rings (SSSR count). The van der Waals surface area contributed by atoms with Crippen molar-refractivity contribution in [3.63, 3.8) is 0 Å². The number of likely N-dealkylation sites (tertiary alicyclic amines) is 1. The molecule has 2 aromatic rings. The molecular weight excluding hydrogens is 381 g/mol. The molecule has 1 aliphatic heterocycles. The van der Waals surface area contributed by atoms with E-state index in [2.05, 4.69) is 34.7 Å². The Labute approximate surface area is 167 Å². The van der Waals surface area contributed by atoms with Crippen molar-refractivity contribution in [2.75, 3.05) is 18.4 Å². The number of urea groups is 1. The maximum Gasteiger partial charge on any atom is 0.317 e. The van der Waals surface area contributed by atoms with E-state index in [0.717, 1.165) is 19.3 Å². The molecule has 2 N–H and O–H groups in total. The Balaban J connectivity index is 1.62. The minimum Gasteiger partial charge on any atom is -0.338 e. The van der Waals surface area contributed by atoms with Crippen molar-refractivity contribution in [2.45, 2.75) is 39.2 Å². The Morgan fingerprint density at radius 3 is 2.75 bits per heavy atom. The Hall–Kier alpha value is -2.55. The van der Waals surface area contributed by atoms with Gasteiger partial charge in [0.05, 0.1) is 6.04 Å². The lowest BCUT2D eigenvalue weighted by Crippen LogP contribution is -2.40. The predicted molar refractivity (Wildman–Crippen MR) is 106 cm³/mol. The number of halogens is 1. The highest BCUT2D eigenvalue weighted by Crippen LogP contribution is 2.33. The number of anilines is 1. The molecule has 1 saturated heterocycles. The average molecular weight is 405 g/mol. The normalized spacial score (nSPS) is 16.4. The topological polar surface area (TPSA) is 87.2 Å². The molecule has 0 aliphatic carbocycles. The van der Waals surface area contributed by atoms with Gasteiger partial charge in [0, 0.05) is 18.8 Å². The summed E-state index contributed by atoms with van der Waals surface area (Å²) in [6.45, 7) is 5.53. The zero-order valence-electron chi connectivity index (χ0n) is 15.9. The fourth-order valence-electron chi connectivity index (χ4n) is 3.01. The van der Waals surface area contributed by atoms with E-state index in [1.165, 1.54) is 35.6 Å². The van der Waals surface area contributed by atoms with Crippen molar-refractivity contribution in [1.82, 2.24) is 20.4 Å². The minimum absolute atomic E-state index is 0.101. The Kier molecular flexibility index (Phi) is 6.56. The van der Waals surface area contributed by atoms with Gasteiger partial charge in [-0.15, -0.1) is 10.2 Å². The third kappa shape index (κ3) is 5.03. The van der Waals surface area contributed by atoms with Crippen LogP contribution in [0.2, 0.25) is 0 Å². The number of carbonyl (C=O) groups is 2. The summed E-state index contributed by atoms with van der Waals surface area (Å²) in [4.78, 5) is 26.6. The Morgan fingerprint density at radius 2 is 2.04 bits per heavy atom. The second-order valence-electron chi connectivity index (χ2n) is 7.17. The third-order valence-electron chi connectivity index (χ3n) is 4.53. The molecule has 1 aliphatic rings. The first-order chi connectivity index (χ1) is 13.4. The summed E-state index contributed by atoms with van der Waals surface area (Å²) in [7, 11) is 0. The number of hydrogen-bond acceptors (Lipinski definition) is 5. The van der Waals surface area contributed by atoms with Gasteiger partial charge in [0.2, 0.25) is 5.01 Å². The van der Waals surface area contributed by atoms with Gasteiger partial charge in [-0.3, -0.25) is 4.79 Å². The Morgan fingerprint density at radius 1 is 1.29 bits per heavy atom. The van der Waals surface area contributed by atoms with Crippen LogP contribution in [0.3, 0.4) is 0 Å². The van der Waals surface area contributed by atoms with Gasteiger partial charge >= 0.3 is 6.03 Å². The second kappa shape index (κ2) is 9.09. The van der Waals surface area contributed by atoms with Crippen molar-refractivity contribution < 1.29 is 14.0 Å². The summed E-state index contributed by atoms with van der Waals surface area (Å²) in [6.07, 6.45) is 2.61. The van der Waals surface area contributed by atoms with Crippen LogP contribution in [0.1, 0.15) is 54.0 Å². The zero-order chi connectivity index (χ0) is 20.1. The highest BCUT2D eigenvalue weighted by Gasteiger charge is 2.33. The van der Waals surface area contributed by atoms with E-state index in [0.29, 0.717) is 29.7 Å². The lowest BCUT2D eigenvalue weighted by Gasteiger charge is -2.23. The molecule has 1 aromatic carbocycles. The van der Waals surface area contributed by atoms with Crippen LogP contribution in [0.5, 0.6) is 0 Å². The molecule has 0 spiro atoms. The number of amides is 3. The van der Waals surface area contributed by atoms with E-state index >= 15 is 0 Å². The average Bonchev–Trinajstić information content (AvgIpc) is 3.32. The maximum atomic E-state index is 13.0. The van der Waals surface area contributed by atoms with Gasteiger partial charge in [-0.2, -0.15) is 0 Å². The van der Waals surface area contributed by atoms with E-state index in [4.69, 9.17) is 0 Å².